The summed E-state index contributed by atoms with van der Waals surface area (Å²) in [6.45, 7) is 2.46. The highest BCUT2D eigenvalue weighted by molar-refractivity contribution is 6.32. The number of halogens is 2. The Morgan fingerprint density at radius 3 is 2.81 bits per heavy atom. The fraction of sp³-hybridized carbons (Fsp3) is 0.211. The summed E-state index contributed by atoms with van der Waals surface area (Å²) in [5.74, 6) is 1.14. The molecule has 0 aliphatic carbocycles. The summed E-state index contributed by atoms with van der Waals surface area (Å²) in [7, 11) is 0. The van der Waals surface area contributed by atoms with Crippen molar-refractivity contribution in [1.29, 1.82) is 0 Å². The molecule has 6 nitrogen and oxygen atoms in total. The van der Waals surface area contributed by atoms with Crippen molar-refractivity contribution in [3.8, 4) is 17.3 Å². The van der Waals surface area contributed by atoms with Gasteiger partial charge in [-0.25, -0.2) is 4.39 Å². The van der Waals surface area contributed by atoms with E-state index in [9.17, 15) is 4.39 Å². The minimum atomic E-state index is -0.278. The summed E-state index contributed by atoms with van der Waals surface area (Å²) in [5.41, 5.74) is 2.16. The van der Waals surface area contributed by atoms with Crippen LogP contribution in [0, 0.1) is 5.82 Å². The van der Waals surface area contributed by atoms with E-state index in [2.05, 4.69) is 20.6 Å². The lowest BCUT2D eigenvalue weighted by atomic mass is 10.0. The van der Waals surface area contributed by atoms with E-state index in [0.717, 1.165) is 5.56 Å². The quantitative estimate of drug-likeness (QED) is 0.524. The Labute approximate surface area is 159 Å². The predicted molar refractivity (Wildman–Crippen MR) is 99.4 cm³/mol. The number of hydrogen-bond acceptors (Lipinski definition) is 5. The Morgan fingerprint density at radius 2 is 2.07 bits per heavy atom. The predicted octanol–water partition coefficient (Wildman–Crippen LogP) is 4.59. The van der Waals surface area contributed by atoms with Crippen LogP contribution in [0.1, 0.15) is 18.1 Å². The first kappa shape index (κ1) is 17.5. The lowest BCUT2D eigenvalue weighted by molar-refractivity contribution is 0.340. The van der Waals surface area contributed by atoms with Crippen molar-refractivity contribution < 1.29 is 13.5 Å². The lowest BCUT2D eigenvalue weighted by Gasteiger charge is -2.08. The smallest absolute Gasteiger partial charge is 0.239 e. The molecule has 27 heavy (non-hydrogen) atoms. The SMILES string of the molecule is CCOc1ccc(CCc2cc3oc(-c4nn[nH]n4)cc3cc2F)cc1Cl. The van der Waals surface area contributed by atoms with E-state index in [1.54, 1.807) is 12.1 Å². The number of nitrogens with one attached hydrogen (secondary N) is 1. The average Bonchev–Trinajstić information content (AvgIpc) is 3.31. The lowest BCUT2D eigenvalue weighted by Crippen LogP contribution is -1.96. The molecule has 2 aromatic carbocycles. The molecule has 4 rings (SSSR count). The standard InChI is InChI=1S/C19H16ClFN4O2/c1-2-26-16-6-4-11(7-14(16)20)3-5-12-9-17-13(8-15(12)21)10-18(27-17)19-22-24-25-23-19/h4,6-10H,2-3,5H2,1H3,(H,22,23,24,25). The Morgan fingerprint density at radius 1 is 1.19 bits per heavy atom. The summed E-state index contributed by atoms with van der Waals surface area (Å²) in [4.78, 5) is 0. The number of aryl methyl sites for hydroxylation is 2. The van der Waals surface area contributed by atoms with Gasteiger partial charge in [0.1, 0.15) is 17.1 Å². The van der Waals surface area contributed by atoms with Gasteiger partial charge in [-0.1, -0.05) is 17.7 Å². The summed E-state index contributed by atoms with van der Waals surface area (Å²) in [5, 5.41) is 14.8. The first-order valence-corrected chi connectivity index (χ1v) is 8.89. The maximum Gasteiger partial charge on any atom is 0.239 e. The van der Waals surface area contributed by atoms with E-state index in [1.807, 2.05) is 25.1 Å². The van der Waals surface area contributed by atoms with Crippen molar-refractivity contribution in [3.05, 3.63) is 58.4 Å². The van der Waals surface area contributed by atoms with Crippen molar-refractivity contribution in [3.63, 3.8) is 0 Å². The van der Waals surface area contributed by atoms with Gasteiger partial charge in [0.2, 0.25) is 5.82 Å². The first-order chi connectivity index (χ1) is 13.1. The van der Waals surface area contributed by atoms with Crippen LogP contribution in [0.25, 0.3) is 22.6 Å². The van der Waals surface area contributed by atoms with Crippen molar-refractivity contribution >= 4 is 22.6 Å². The third-order valence-corrected chi connectivity index (χ3v) is 4.53. The molecule has 0 unspecified atom stereocenters. The number of hydrogen-bond donors (Lipinski definition) is 1. The maximum absolute atomic E-state index is 14.5. The molecule has 0 saturated carbocycles. The molecule has 0 saturated heterocycles. The largest absolute Gasteiger partial charge is 0.492 e. The zero-order chi connectivity index (χ0) is 18.8. The third kappa shape index (κ3) is 3.64. The van der Waals surface area contributed by atoms with Gasteiger partial charge >= 0.3 is 0 Å². The van der Waals surface area contributed by atoms with Crippen LogP contribution >= 0.6 is 11.6 Å². The number of ether oxygens (including phenoxy) is 1. The monoisotopic (exact) mass is 386 g/mol. The Hall–Kier alpha value is -2.93. The highest BCUT2D eigenvalue weighted by Gasteiger charge is 2.13. The molecule has 138 valence electrons. The van der Waals surface area contributed by atoms with E-state index in [1.165, 1.54) is 6.07 Å². The molecule has 0 amide bonds. The molecule has 0 aliphatic heterocycles. The summed E-state index contributed by atoms with van der Waals surface area (Å²) < 4.78 is 25.6. The summed E-state index contributed by atoms with van der Waals surface area (Å²) in [6, 6.07) is 10.5. The molecule has 0 bridgehead atoms. The number of nitrogens with zero attached hydrogens (tertiary/aromatic N) is 3. The molecule has 0 aliphatic rings. The molecule has 0 fully saturated rings. The van der Waals surface area contributed by atoms with Gasteiger partial charge in [0, 0.05) is 5.39 Å². The van der Waals surface area contributed by atoms with E-state index in [4.69, 9.17) is 20.8 Å². The zero-order valence-corrected chi connectivity index (χ0v) is 15.3. The summed E-state index contributed by atoms with van der Waals surface area (Å²) >= 11 is 6.22. The fourth-order valence-corrected chi connectivity index (χ4v) is 3.18. The van der Waals surface area contributed by atoms with Crippen LogP contribution < -0.4 is 4.74 Å². The van der Waals surface area contributed by atoms with Crippen LogP contribution in [0.15, 0.2) is 40.8 Å². The van der Waals surface area contributed by atoms with Gasteiger partial charge in [0.15, 0.2) is 5.76 Å². The van der Waals surface area contributed by atoms with Gasteiger partial charge < -0.3 is 9.15 Å². The number of aromatic amines is 1. The molecule has 0 radical (unpaired) electrons. The van der Waals surface area contributed by atoms with E-state index in [0.29, 0.717) is 58.3 Å². The van der Waals surface area contributed by atoms with Crippen LogP contribution in [0.5, 0.6) is 5.75 Å². The minimum Gasteiger partial charge on any atom is -0.492 e. The number of furan rings is 1. The second-order valence-corrected chi connectivity index (χ2v) is 6.43. The number of rotatable bonds is 6. The molecule has 2 aromatic heterocycles. The number of H-pyrrole nitrogens is 1. The van der Waals surface area contributed by atoms with Crippen LogP contribution in [0.3, 0.4) is 0 Å². The van der Waals surface area contributed by atoms with Crippen molar-refractivity contribution in [2.24, 2.45) is 0 Å². The Kier molecular flexibility index (Phi) is 4.77. The van der Waals surface area contributed by atoms with Crippen LogP contribution in [-0.4, -0.2) is 27.2 Å². The molecular formula is C19H16ClFN4O2. The van der Waals surface area contributed by atoms with Crippen LogP contribution in [0.4, 0.5) is 4.39 Å². The highest BCUT2D eigenvalue weighted by Crippen LogP contribution is 2.29. The maximum atomic E-state index is 14.5. The van der Waals surface area contributed by atoms with Gasteiger partial charge in [-0.05, 0) is 66.4 Å². The molecule has 8 heteroatoms. The van der Waals surface area contributed by atoms with Crippen LogP contribution in [-0.2, 0) is 12.8 Å². The van der Waals surface area contributed by atoms with Gasteiger partial charge in [-0.15, -0.1) is 10.2 Å². The highest BCUT2D eigenvalue weighted by atomic mass is 35.5. The van der Waals surface area contributed by atoms with Crippen molar-refractivity contribution in [1.82, 2.24) is 20.6 Å². The third-order valence-electron chi connectivity index (χ3n) is 4.23. The van der Waals surface area contributed by atoms with Crippen molar-refractivity contribution in [2.45, 2.75) is 19.8 Å². The van der Waals surface area contributed by atoms with Gasteiger partial charge in [-0.2, -0.15) is 5.21 Å². The van der Waals surface area contributed by atoms with Crippen LogP contribution in [0.2, 0.25) is 5.02 Å². The van der Waals surface area contributed by atoms with Gasteiger partial charge in [0.25, 0.3) is 0 Å². The number of tetrazole rings is 1. The second kappa shape index (κ2) is 7.36. The van der Waals surface area contributed by atoms with Gasteiger partial charge in [0.05, 0.1) is 11.6 Å². The molecule has 0 atom stereocenters. The molecule has 1 N–H and O–H groups in total. The second-order valence-electron chi connectivity index (χ2n) is 6.03. The number of fused-ring (bicyclic) bond motifs is 1. The first-order valence-electron chi connectivity index (χ1n) is 8.51. The normalized spacial score (nSPS) is 11.2. The van der Waals surface area contributed by atoms with E-state index >= 15 is 0 Å². The Bertz CT molecular complexity index is 1080. The topological polar surface area (TPSA) is 76.8 Å². The molecule has 0 spiro atoms. The fourth-order valence-electron chi connectivity index (χ4n) is 2.92. The average molecular weight is 387 g/mol. The van der Waals surface area contributed by atoms with Crippen molar-refractivity contribution in [2.75, 3.05) is 6.61 Å². The molecule has 4 aromatic rings. The summed E-state index contributed by atoms with van der Waals surface area (Å²) in [6.07, 6.45) is 1.16. The minimum absolute atomic E-state index is 0.278. The molecule has 2 heterocycles. The number of aromatic nitrogens is 4. The zero-order valence-electron chi connectivity index (χ0n) is 14.5. The number of benzene rings is 2. The van der Waals surface area contributed by atoms with Gasteiger partial charge in [-0.3, -0.25) is 0 Å². The molecular weight excluding hydrogens is 371 g/mol. The van der Waals surface area contributed by atoms with E-state index in [-0.39, 0.29) is 5.82 Å². The Balaban J connectivity index is 1.55. The van der Waals surface area contributed by atoms with E-state index < -0.39 is 0 Å².